The van der Waals surface area contributed by atoms with Gasteiger partial charge in [-0.15, -0.1) is 0 Å². The maximum absolute atomic E-state index is 12.9. The van der Waals surface area contributed by atoms with E-state index in [1.54, 1.807) is 46.4 Å². The van der Waals surface area contributed by atoms with Gasteiger partial charge in [0.05, 0.1) is 11.6 Å². The quantitative estimate of drug-likeness (QED) is 0.747. The Morgan fingerprint density at radius 3 is 2.86 bits per heavy atom. The maximum Gasteiger partial charge on any atom is 0.229 e. The van der Waals surface area contributed by atoms with Crippen molar-refractivity contribution in [1.29, 1.82) is 0 Å². The smallest absolute Gasteiger partial charge is 0.229 e. The molecule has 1 unspecified atom stereocenters. The van der Waals surface area contributed by atoms with Crippen molar-refractivity contribution in [2.45, 2.75) is 25.7 Å². The average Bonchev–Trinajstić information content (AvgIpc) is 3.48. The second kappa shape index (κ2) is 7.16. The van der Waals surface area contributed by atoms with Gasteiger partial charge in [0.25, 0.3) is 0 Å². The van der Waals surface area contributed by atoms with Gasteiger partial charge >= 0.3 is 0 Å². The van der Waals surface area contributed by atoms with Gasteiger partial charge < -0.3 is 10.2 Å². The highest BCUT2D eigenvalue weighted by Gasteiger charge is 2.35. The Hall–Kier alpha value is -3.48. The lowest BCUT2D eigenvalue weighted by Gasteiger charge is -2.18. The van der Waals surface area contributed by atoms with E-state index in [4.69, 9.17) is 0 Å². The largest absolute Gasteiger partial charge is 0.323 e. The molecule has 1 aromatic carbocycles. The molecule has 7 heteroatoms. The molecule has 2 amide bonds. The van der Waals surface area contributed by atoms with Crippen LogP contribution in [-0.4, -0.2) is 33.1 Å². The summed E-state index contributed by atoms with van der Waals surface area (Å²) in [6.45, 7) is 0.390. The number of aryl methyl sites for hydroxylation is 2. The van der Waals surface area contributed by atoms with E-state index in [0.717, 1.165) is 18.5 Å². The molecule has 2 aromatic heterocycles. The Morgan fingerprint density at radius 2 is 2.00 bits per heavy atom. The van der Waals surface area contributed by atoms with E-state index in [9.17, 15) is 9.59 Å². The highest BCUT2D eigenvalue weighted by molar-refractivity contribution is 6.04. The van der Waals surface area contributed by atoms with E-state index in [0.29, 0.717) is 18.1 Å². The number of rotatable bonds is 4. The number of amides is 2. The van der Waals surface area contributed by atoms with Gasteiger partial charge in [0.2, 0.25) is 11.8 Å². The summed E-state index contributed by atoms with van der Waals surface area (Å²) in [6.07, 6.45) is 8.63. The van der Waals surface area contributed by atoms with Gasteiger partial charge in [0.1, 0.15) is 0 Å². The first kappa shape index (κ1) is 17.6. The molecule has 1 aliphatic heterocycles. The van der Waals surface area contributed by atoms with Crippen LogP contribution in [0.25, 0.3) is 5.82 Å². The van der Waals surface area contributed by atoms with Crippen molar-refractivity contribution in [3.8, 4) is 5.82 Å². The number of carbonyl (C=O) groups is 2. The highest BCUT2D eigenvalue weighted by Crippen LogP contribution is 2.31. The van der Waals surface area contributed by atoms with Crippen LogP contribution in [0.4, 0.5) is 11.4 Å². The Bertz CT molecular complexity index is 1080. The summed E-state index contributed by atoms with van der Waals surface area (Å²) >= 11 is 0. The van der Waals surface area contributed by atoms with Gasteiger partial charge in [0.15, 0.2) is 5.82 Å². The first-order chi connectivity index (χ1) is 14.2. The van der Waals surface area contributed by atoms with Crippen LogP contribution < -0.4 is 10.2 Å². The molecule has 1 aliphatic carbocycles. The van der Waals surface area contributed by atoms with Crippen LogP contribution in [0, 0.1) is 5.92 Å². The molecule has 0 bridgehead atoms. The summed E-state index contributed by atoms with van der Waals surface area (Å²) in [5, 5.41) is 7.12. The van der Waals surface area contributed by atoms with Crippen LogP contribution in [0.3, 0.4) is 0 Å². The van der Waals surface area contributed by atoms with Crippen LogP contribution in [0.2, 0.25) is 0 Å². The molecule has 1 atom stereocenters. The van der Waals surface area contributed by atoms with Crippen molar-refractivity contribution in [1.82, 2.24) is 14.8 Å². The lowest BCUT2D eigenvalue weighted by atomic mass is 10.1. The van der Waals surface area contributed by atoms with Crippen molar-refractivity contribution in [2.75, 3.05) is 16.8 Å². The van der Waals surface area contributed by atoms with Gasteiger partial charge in [-0.05, 0) is 60.7 Å². The summed E-state index contributed by atoms with van der Waals surface area (Å²) < 4.78 is 1.60. The number of hydrogen-bond donors (Lipinski definition) is 1. The summed E-state index contributed by atoms with van der Waals surface area (Å²) in [4.78, 5) is 31.6. The maximum atomic E-state index is 12.9. The average molecular weight is 387 g/mol. The van der Waals surface area contributed by atoms with E-state index >= 15 is 0 Å². The van der Waals surface area contributed by atoms with Crippen LogP contribution in [-0.2, 0) is 22.4 Å². The molecule has 1 N–H and O–H groups in total. The lowest BCUT2D eigenvalue weighted by molar-refractivity contribution is -0.122. The third-order valence-electron chi connectivity index (χ3n) is 5.66. The molecular formula is C22H21N5O2. The van der Waals surface area contributed by atoms with Crippen molar-refractivity contribution < 1.29 is 9.59 Å². The first-order valence-corrected chi connectivity index (χ1v) is 9.87. The molecule has 1 saturated heterocycles. The molecule has 0 spiro atoms. The zero-order chi connectivity index (χ0) is 19.8. The summed E-state index contributed by atoms with van der Waals surface area (Å²) in [5.41, 5.74) is 4.16. The molecule has 29 heavy (non-hydrogen) atoms. The molecule has 5 rings (SSSR count). The summed E-state index contributed by atoms with van der Waals surface area (Å²) in [5.74, 6) is -0.0444. The summed E-state index contributed by atoms with van der Waals surface area (Å²) in [7, 11) is 0. The van der Waals surface area contributed by atoms with Gasteiger partial charge in [-0.3, -0.25) is 9.59 Å². The minimum absolute atomic E-state index is 0.0124. The van der Waals surface area contributed by atoms with E-state index in [1.165, 1.54) is 17.5 Å². The van der Waals surface area contributed by atoms with Crippen molar-refractivity contribution in [3.05, 3.63) is 66.1 Å². The Morgan fingerprint density at radius 1 is 1.10 bits per heavy atom. The Balaban J connectivity index is 1.33. The standard InChI is InChI=1S/C22H21N5O2/c28-20-13-17(14-26(20)18-8-7-15-4-1-5-16(15)12-18)22(29)25-19-6-2-9-23-21(19)27-11-3-10-24-27/h2-3,6-12,17H,1,4-5,13-14H2,(H,25,29). The third-order valence-corrected chi connectivity index (χ3v) is 5.66. The molecule has 3 heterocycles. The number of benzene rings is 1. The molecule has 3 aromatic rings. The number of nitrogens with one attached hydrogen (secondary N) is 1. The number of fused-ring (bicyclic) bond motifs is 1. The van der Waals surface area contributed by atoms with Gasteiger partial charge in [-0.1, -0.05) is 6.07 Å². The Kier molecular flexibility index (Phi) is 4.35. The normalized spacial score (nSPS) is 18.1. The molecule has 0 radical (unpaired) electrons. The predicted molar refractivity (Wildman–Crippen MR) is 109 cm³/mol. The minimum Gasteiger partial charge on any atom is -0.323 e. The number of anilines is 2. The second-order valence-electron chi connectivity index (χ2n) is 7.53. The van der Waals surface area contributed by atoms with Crippen molar-refractivity contribution >= 4 is 23.2 Å². The van der Waals surface area contributed by atoms with Crippen LogP contribution in [0.15, 0.2) is 55.0 Å². The SMILES string of the molecule is O=C(Nc1cccnc1-n1cccn1)C1CC(=O)N(c2ccc3c(c2)CCC3)C1. The van der Waals surface area contributed by atoms with Gasteiger partial charge in [0, 0.05) is 37.2 Å². The molecular weight excluding hydrogens is 366 g/mol. The van der Waals surface area contributed by atoms with E-state index < -0.39 is 5.92 Å². The molecule has 0 saturated carbocycles. The zero-order valence-electron chi connectivity index (χ0n) is 15.9. The summed E-state index contributed by atoms with van der Waals surface area (Å²) in [6, 6.07) is 11.6. The topological polar surface area (TPSA) is 80.1 Å². The van der Waals surface area contributed by atoms with E-state index in [2.05, 4.69) is 27.5 Å². The number of nitrogens with zero attached hydrogens (tertiary/aromatic N) is 4. The lowest BCUT2D eigenvalue weighted by Crippen LogP contribution is -2.28. The number of pyridine rings is 1. The van der Waals surface area contributed by atoms with Crippen LogP contribution in [0.5, 0.6) is 0 Å². The molecule has 2 aliphatic rings. The van der Waals surface area contributed by atoms with Crippen LogP contribution >= 0.6 is 0 Å². The minimum atomic E-state index is -0.401. The van der Waals surface area contributed by atoms with Gasteiger partial charge in [-0.2, -0.15) is 5.10 Å². The van der Waals surface area contributed by atoms with Crippen molar-refractivity contribution in [3.63, 3.8) is 0 Å². The fraction of sp³-hybridized carbons (Fsp3) is 0.273. The van der Waals surface area contributed by atoms with E-state index in [-0.39, 0.29) is 18.2 Å². The van der Waals surface area contributed by atoms with Crippen LogP contribution in [0.1, 0.15) is 24.0 Å². The predicted octanol–water partition coefficient (Wildman–Crippen LogP) is 2.75. The molecule has 1 fully saturated rings. The second-order valence-corrected chi connectivity index (χ2v) is 7.53. The van der Waals surface area contributed by atoms with Gasteiger partial charge in [-0.25, -0.2) is 9.67 Å². The first-order valence-electron chi connectivity index (χ1n) is 9.87. The number of carbonyl (C=O) groups excluding carboxylic acids is 2. The number of aromatic nitrogens is 3. The fourth-order valence-electron chi connectivity index (χ4n) is 4.16. The highest BCUT2D eigenvalue weighted by atomic mass is 16.2. The number of hydrogen-bond acceptors (Lipinski definition) is 4. The third kappa shape index (κ3) is 3.29. The fourth-order valence-corrected chi connectivity index (χ4v) is 4.16. The van der Waals surface area contributed by atoms with Crippen molar-refractivity contribution in [2.24, 2.45) is 5.92 Å². The Labute approximate surface area is 168 Å². The molecule has 146 valence electrons. The van der Waals surface area contributed by atoms with E-state index in [1.807, 2.05) is 6.07 Å². The zero-order valence-corrected chi connectivity index (χ0v) is 15.9. The molecule has 7 nitrogen and oxygen atoms in total. The monoisotopic (exact) mass is 387 g/mol.